The summed E-state index contributed by atoms with van der Waals surface area (Å²) < 4.78 is 0. The van der Waals surface area contributed by atoms with E-state index in [9.17, 15) is 14.7 Å². The zero-order chi connectivity index (χ0) is 24.9. The van der Waals surface area contributed by atoms with Crippen LogP contribution in [0.25, 0.3) is 10.9 Å². The number of ketones is 1. The van der Waals surface area contributed by atoms with Crippen LogP contribution in [0.5, 0.6) is 5.75 Å². The largest absolute Gasteiger partial charge is 0.505 e. The summed E-state index contributed by atoms with van der Waals surface area (Å²) in [4.78, 5) is 28.7. The highest BCUT2D eigenvalue weighted by atomic mass is 35.5. The number of halogens is 1. The molecule has 1 unspecified atom stereocenters. The summed E-state index contributed by atoms with van der Waals surface area (Å²) in [6, 6.07) is 18.8. The minimum atomic E-state index is -0.680. The zero-order valence-electron chi connectivity index (χ0n) is 19.1. The molecule has 3 aromatic carbocycles. The number of rotatable bonds is 8. The smallest absolute Gasteiger partial charge is 0.240 e. The highest BCUT2D eigenvalue weighted by Gasteiger charge is 2.23. The van der Waals surface area contributed by atoms with Gasteiger partial charge in [0, 0.05) is 34.9 Å². The maximum absolute atomic E-state index is 13.0. The van der Waals surface area contributed by atoms with Gasteiger partial charge in [-0.2, -0.15) is 0 Å². The van der Waals surface area contributed by atoms with E-state index >= 15 is 0 Å². The van der Waals surface area contributed by atoms with Gasteiger partial charge in [-0.15, -0.1) is 0 Å². The van der Waals surface area contributed by atoms with Crippen LogP contribution in [0.15, 0.2) is 72.9 Å². The molecule has 178 valence electrons. The summed E-state index contributed by atoms with van der Waals surface area (Å²) in [5.41, 5.74) is 9.52. The van der Waals surface area contributed by atoms with E-state index in [4.69, 9.17) is 17.3 Å². The van der Waals surface area contributed by atoms with Crippen molar-refractivity contribution in [1.29, 1.82) is 0 Å². The van der Waals surface area contributed by atoms with E-state index in [1.807, 2.05) is 24.3 Å². The van der Waals surface area contributed by atoms with Gasteiger partial charge >= 0.3 is 0 Å². The first-order chi connectivity index (χ1) is 16.9. The van der Waals surface area contributed by atoms with Crippen molar-refractivity contribution < 1.29 is 14.7 Å². The SMILES string of the molecule is CC(=O)c1ccc(NCC(=O)NC(c2ccc(CN)cc2)c2cc(Cl)c3cccnc3c2O)cc1. The van der Waals surface area contributed by atoms with Gasteiger partial charge in [0.15, 0.2) is 5.78 Å². The van der Waals surface area contributed by atoms with Crippen LogP contribution in [0.2, 0.25) is 5.02 Å². The van der Waals surface area contributed by atoms with Crippen LogP contribution in [-0.4, -0.2) is 28.3 Å². The molecule has 0 spiro atoms. The molecule has 0 aliphatic rings. The van der Waals surface area contributed by atoms with Crippen LogP contribution in [0.3, 0.4) is 0 Å². The first-order valence-electron chi connectivity index (χ1n) is 11.1. The van der Waals surface area contributed by atoms with Crippen LogP contribution < -0.4 is 16.4 Å². The van der Waals surface area contributed by atoms with Gasteiger partial charge in [-0.05, 0) is 60.5 Å². The van der Waals surface area contributed by atoms with Crippen molar-refractivity contribution in [3.63, 3.8) is 0 Å². The lowest BCUT2D eigenvalue weighted by Crippen LogP contribution is -2.34. The number of fused-ring (bicyclic) bond motifs is 1. The first-order valence-corrected chi connectivity index (χ1v) is 11.4. The predicted molar refractivity (Wildman–Crippen MR) is 138 cm³/mol. The highest BCUT2D eigenvalue weighted by Crippen LogP contribution is 2.38. The number of pyridine rings is 1. The molecule has 0 saturated carbocycles. The summed E-state index contributed by atoms with van der Waals surface area (Å²) in [7, 11) is 0. The molecule has 0 aliphatic heterocycles. The molecule has 1 aromatic heterocycles. The lowest BCUT2D eigenvalue weighted by atomic mass is 9.95. The topological polar surface area (TPSA) is 117 Å². The van der Waals surface area contributed by atoms with Gasteiger partial charge in [0.05, 0.1) is 17.6 Å². The Kier molecular flexibility index (Phi) is 7.29. The van der Waals surface area contributed by atoms with Crippen molar-refractivity contribution in [3.05, 3.63) is 100 Å². The summed E-state index contributed by atoms with van der Waals surface area (Å²) in [5.74, 6) is -0.377. The van der Waals surface area contributed by atoms with Gasteiger partial charge in [-0.25, -0.2) is 0 Å². The predicted octanol–water partition coefficient (Wildman–Crippen LogP) is 4.57. The molecule has 0 fully saturated rings. The molecule has 0 aliphatic carbocycles. The number of benzene rings is 3. The number of hydrogen-bond donors (Lipinski definition) is 4. The fourth-order valence-electron chi connectivity index (χ4n) is 3.83. The van der Waals surface area contributed by atoms with Gasteiger partial charge in [0.1, 0.15) is 11.3 Å². The van der Waals surface area contributed by atoms with Crippen molar-refractivity contribution in [3.8, 4) is 5.75 Å². The van der Waals surface area contributed by atoms with Gasteiger partial charge in [-0.1, -0.05) is 35.9 Å². The van der Waals surface area contributed by atoms with Crippen molar-refractivity contribution in [1.82, 2.24) is 10.3 Å². The minimum Gasteiger partial charge on any atom is -0.505 e. The maximum Gasteiger partial charge on any atom is 0.240 e. The summed E-state index contributed by atoms with van der Waals surface area (Å²) in [5, 5.41) is 18.1. The van der Waals surface area contributed by atoms with E-state index in [-0.39, 0.29) is 24.0 Å². The first kappa shape index (κ1) is 24.2. The number of aromatic nitrogens is 1. The number of hydrogen-bond acceptors (Lipinski definition) is 6. The number of phenols is 1. The number of carbonyl (C=O) groups excluding carboxylic acids is 2. The number of amides is 1. The summed E-state index contributed by atoms with van der Waals surface area (Å²) in [6.45, 7) is 1.87. The van der Waals surface area contributed by atoms with Crippen LogP contribution in [0.1, 0.15) is 40.0 Å². The van der Waals surface area contributed by atoms with E-state index in [1.54, 1.807) is 48.7 Å². The molecule has 1 heterocycles. The Labute approximate surface area is 207 Å². The highest BCUT2D eigenvalue weighted by molar-refractivity contribution is 6.35. The Bertz CT molecular complexity index is 1370. The van der Waals surface area contributed by atoms with Crippen molar-refractivity contribution in [2.45, 2.75) is 19.5 Å². The van der Waals surface area contributed by atoms with Gasteiger partial charge in [-0.3, -0.25) is 14.6 Å². The molecule has 35 heavy (non-hydrogen) atoms. The third-order valence-corrected chi connectivity index (χ3v) is 6.07. The lowest BCUT2D eigenvalue weighted by Gasteiger charge is -2.22. The number of aromatic hydroxyl groups is 1. The monoisotopic (exact) mass is 488 g/mol. The van der Waals surface area contributed by atoms with E-state index in [0.717, 1.165) is 11.1 Å². The number of nitrogens with one attached hydrogen (secondary N) is 2. The van der Waals surface area contributed by atoms with Crippen LogP contribution in [0.4, 0.5) is 5.69 Å². The Morgan fingerprint density at radius 3 is 2.46 bits per heavy atom. The van der Waals surface area contributed by atoms with Crippen LogP contribution >= 0.6 is 11.6 Å². The van der Waals surface area contributed by atoms with E-state index < -0.39 is 6.04 Å². The number of phenolic OH excluding ortho intramolecular Hbond substituents is 1. The number of carbonyl (C=O) groups is 2. The molecular weight excluding hydrogens is 464 g/mol. The summed E-state index contributed by atoms with van der Waals surface area (Å²) >= 11 is 6.51. The van der Waals surface area contributed by atoms with Crippen molar-refractivity contribution in [2.75, 3.05) is 11.9 Å². The maximum atomic E-state index is 13.0. The Morgan fingerprint density at radius 2 is 1.80 bits per heavy atom. The molecule has 8 heteroatoms. The molecule has 0 saturated heterocycles. The number of Topliss-reactive ketones (excluding diaryl/α,β-unsaturated/α-hetero) is 1. The quantitative estimate of drug-likeness (QED) is 0.270. The van der Waals surface area contributed by atoms with Gasteiger partial charge in [0.25, 0.3) is 0 Å². The molecule has 4 rings (SSSR count). The Hall–Kier alpha value is -3.94. The average Bonchev–Trinajstić information content (AvgIpc) is 2.88. The normalized spacial score (nSPS) is 11.7. The third-order valence-electron chi connectivity index (χ3n) is 5.75. The summed E-state index contributed by atoms with van der Waals surface area (Å²) in [6.07, 6.45) is 1.58. The molecule has 4 aromatic rings. The van der Waals surface area contributed by atoms with Crippen LogP contribution in [-0.2, 0) is 11.3 Å². The van der Waals surface area contributed by atoms with Gasteiger partial charge in [0.2, 0.25) is 5.91 Å². The molecule has 5 N–H and O–H groups in total. The van der Waals surface area contributed by atoms with E-state index in [0.29, 0.717) is 39.3 Å². The Morgan fingerprint density at radius 1 is 1.09 bits per heavy atom. The van der Waals surface area contributed by atoms with E-state index in [2.05, 4.69) is 15.6 Å². The second-order valence-electron chi connectivity index (χ2n) is 8.13. The number of nitrogens with zero attached hydrogens (tertiary/aromatic N) is 1. The molecule has 7 nitrogen and oxygen atoms in total. The zero-order valence-corrected chi connectivity index (χ0v) is 19.8. The van der Waals surface area contributed by atoms with Crippen molar-refractivity contribution >= 4 is 39.9 Å². The van der Waals surface area contributed by atoms with E-state index in [1.165, 1.54) is 6.92 Å². The molecule has 1 atom stereocenters. The lowest BCUT2D eigenvalue weighted by molar-refractivity contribution is -0.119. The second-order valence-corrected chi connectivity index (χ2v) is 8.54. The Balaban J connectivity index is 1.62. The number of nitrogens with two attached hydrogens (primary N) is 1. The standard InChI is InChI=1S/C27H25ClN4O3/c1-16(33)18-8-10-20(11-9-18)31-15-24(34)32-25(19-6-4-17(14-29)5-7-19)22-13-23(28)21-3-2-12-30-26(21)27(22)35/h2-13,25,31,35H,14-15,29H2,1H3,(H,32,34). The number of anilines is 1. The minimum absolute atomic E-state index is 0.0167. The third kappa shape index (κ3) is 5.42. The fourth-order valence-corrected chi connectivity index (χ4v) is 4.10. The fraction of sp³-hybridized carbons (Fsp3) is 0.148. The van der Waals surface area contributed by atoms with Gasteiger partial charge < -0.3 is 21.5 Å². The second kappa shape index (κ2) is 10.5. The van der Waals surface area contributed by atoms with Crippen LogP contribution in [0, 0.1) is 0 Å². The molecular formula is C27H25ClN4O3. The molecule has 0 radical (unpaired) electrons. The molecule has 1 amide bonds. The molecule has 0 bridgehead atoms. The average molecular weight is 489 g/mol. The van der Waals surface area contributed by atoms with Crippen molar-refractivity contribution in [2.24, 2.45) is 5.73 Å².